The van der Waals surface area contributed by atoms with Gasteiger partial charge in [-0.25, -0.2) is 4.98 Å². The molecule has 0 bridgehead atoms. The molecule has 1 rings (SSSR count). The highest BCUT2D eigenvalue weighted by Gasteiger charge is 2.21. The van der Waals surface area contributed by atoms with E-state index in [1.165, 1.54) is 0 Å². The molecule has 2 N–H and O–H groups in total. The van der Waals surface area contributed by atoms with Gasteiger partial charge in [-0.15, -0.1) is 0 Å². The molecule has 1 amide bonds. The van der Waals surface area contributed by atoms with Crippen LogP contribution in [0.3, 0.4) is 0 Å². The molecule has 0 atom stereocenters. The van der Waals surface area contributed by atoms with Gasteiger partial charge >= 0.3 is 0 Å². The third kappa shape index (κ3) is 4.27. The molecule has 5 heteroatoms. The summed E-state index contributed by atoms with van der Waals surface area (Å²) in [6, 6.07) is 3.28. The molecule has 0 fully saturated rings. The standard InChI is InChI=1S/C13H19ClN2O2/c1-4-10-7-9(8-11(14)15-10)12(18)16-13(2,3)5-6-17/h7-8,17H,4-6H2,1-3H3,(H,16,18). The van der Waals surface area contributed by atoms with Crippen LogP contribution < -0.4 is 5.32 Å². The van der Waals surface area contributed by atoms with E-state index in [1.807, 2.05) is 20.8 Å². The Morgan fingerprint density at radius 2 is 2.17 bits per heavy atom. The molecule has 0 spiro atoms. The maximum absolute atomic E-state index is 12.1. The van der Waals surface area contributed by atoms with Crippen LogP contribution in [0.5, 0.6) is 0 Å². The predicted octanol–water partition coefficient (Wildman–Crippen LogP) is 2.19. The van der Waals surface area contributed by atoms with Crippen molar-refractivity contribution in [1.82, 2.24) is 10.3 Å². The number of carbonyl (C=O) groups excluding carboxylic acids is 1. The lowest BCUT2D eigenvalue weighted by Gasteiger charge is -2.25. The molecule has 0 aliphatic carbocycles. The summed E-state index contributed by atoms with van der Waals surface area (Å²) in [6.45, 7) is 5.72. The van der Waals surface area contributed by atoms with Crippen LogP contribution in [0, 0.1) is 0 Å². The minimum absolute atomic E-state index is 0.0323. The normalized spacial score (nSPS) is 11.4. The summed E-state index contributed by atoms with van der Waals surface area (Å²) >= 11 is 5.87. The number of pyridine rings is 1. The monoisotopic (exact) mass is 270 g/mol. The first-order chi connectivity index (χ1) is 8.38. The summed E-state index contributed by atoms with van der Waals surface area (Å²) in [5.41, 5.74) is 0.832. The van der Waals surface area contributed by atoms with Crippen molar-refractivity contribution in [2.75, 3.05) is 6.61 Å². The van der Waals surface area contributed by atoms with Crippen molar-refractivity contribution in [3.05, 3.63) is 28.5 Å². The average Bonchev–Trinajstić information content (AvgIpc) is 2.27. The first-order valence-electron chi connectivity index (χ1n) is 5.98. The van der Waals surface area contributed by atoms with Crippen molar-refractivity contribution in [1.29, 1.82) is 0 Å². The van der Waals surface area contributed by atoms with Crippen molar-refractivity contribution in [2.45, 2.75) is 39.2 Å². The Hall–Kier alpha value is -1.13. The van der Waals surface area contributed by atoms with Gasteiger partial charge in [0.15, 0.2) is 0 Å². The van der Waals surface area contributed by atoms with Crippen LogP contribution in [0.4, 0.5) is 0 Å². The van der Waals surface area contributed by atoms with Crippen LogP contribution in [-0.2, 0) is 6.42 Å². The number of aliphatic hydroxyl groups excluding tert-OH is 1. The molecule has 0 saturated heterocycles. The second kappa shape index (κ2) is 6.16. The van der Waals surface area contributed by atoms with Crippen LogP contribution in [0.2, 0.25) is 5.15 Å². The van der Waals surface area contributed by atoms with Gasteiger partial charge in [0.2, 0.25) is 0 Å². The van der Waals surface area contributed by atoms with Crippen LogP contribution in [0.15, 0.2) is 12.1 Å². The van der Waals surface area contributed by atoms with E-state index in [2.05, 4.69) is 10.3 Å². The lowest BCUT2D eigenvalue weighted by atomic mass is 10.0. The molecule has 0 aromatic carbocycles. The van der Waals surface area contributed by atoms with Gasteiger partial charge < -0.3 is 10.4 Å². The van der Waals surface area contributed by atoms with E-state index in [0.29, 0.717) is 17.1 Å². The van der Waals surface area contributed by atoms with Gasteiger partial charge in [-0.2, -0.15) is 0 Å². The molecule has 0 saturated carbocycles. The molecule has 1 aromatic rings. The molecule has 0 unspecified atom stereocenters. The molecular weight excluding hydrogens is 252 g/mol. The zero-order valence-electron chi connectivity index (χ0n) is 11.0. The van der Waals surface area contributed by atoms with E-state index in [1.54, 1.807) is 12.1 Å². The number of nitrogens with zero attached hydrogens (tertiary/aromatic N) is 1. The molecule has 4 nitrogen and oxygen atoms in total. The highest BCUT2D eigenvalue weighted by atomic mass is 35.5. The van der Waals surface area contributed by atoms with E-state index >= 15 is 0 Å². The second-order valence-corrected chi connectivity index (χ2v) is 5.22. The molecule has 0 aliphatic heterocycles. The maximum Gasteiger partial charge on any atom is 0.251 e. The Morgan fingerprint density at radius 1 is 1.50 bits per heavy atom. The molecule has 1 aromatic heterocycles. The largest absolute Gasteiger partial charge is 0.396 e. The van der Waals surface area contributed by atoms with Gasteiger partial charge in [-0.05, 0) is 38.8 Å². The zero-order valence-corrected chi connectivity index (χ0v) is 11.7. The number of halogens is 1. The molecule has 1 heterocycles. The second-order valence-electron chi connectivity index (χ2n) is 4.84. The van der Waals surface area contributed by atoms with Crippen molar-refractivity contribution in [3.8, 4) is 0 Å². The predicted molar refractivity (Wildman–Crippen MR) is 71.9 cm³/mol. The van der Waals surface area contributed by atoms with Crippen molar-refractivity contribution < 1.29 is 9.90 Å². The SMILES string of the molecule is CCc1cc(C(=O)NC(C)(C)CCO)cc(Cl)n1. The lowest BCUT2D eigenvalue weighted by Crippen LogP contribution is -2.44. The van der Waals surface area contributed by atoms with E-state index in [9.17, 15) is 4.79 Å². The number of aromatic nitrogens is 1. The third-order valence-electron chi connectivity index (χ3n) is 2.66. The Morgan fingerprint density at radius 3 is 2.72 bits per heavy atom. The summed E-state index contributed by atoms with van der Waals surface area (Å²) in [6.07, 6.45) is 1.22. The Bertz CT molecular complexity index is 433. The molecule has 18 heavy (non-hydrogen) atoms. The number of aryl methyl sites for hydroxylation is 1. The smallest absolute Gasteiger partial charge is 0.251 e. The minimum Gasteiger partial charge on any atom is -0.396 e. The van der Waals surface area contributed by atoms with Gasteiger partial charge in [0.25, 0.3) is 5.91 Å². The summed E-state index contributed by atoms with van der Waals surface area (Å²) in [5, 5.41) is 12.1. The number of carbonyl (C=O) groups is 1. The van der Waals surface area contributed by atoms with Crippen molar-refractivity contribution >= 4 is 17.5 Å². The van der Waals surface area contributed by atoms with Crippen LogP contribution >= 0.6 is 11.6 Å². The number of amides is 1. The fraction of sp³-hybridized carbons (Fsp3) is 0.538. The molecular formula is C13H19ClN2O2. The molecule has 100 valence electrons. The minimum atomic E-state index is -0.450. The number of rotatable bonds is 5. The van der Waals surface area contributed by atoms with Gasteiger partial charge in [-0.3, -0.25) is 4.79 Å². The van der Waals surface area contributed by atoms with Gasteiger partial charge in [0.1, 0.15) is 5.15 Å². The Balaban J connectivity index is 2.87. The first kappa shape index (κ1) is 14.9. The van der Waals surface area contributed by atoms with Crippen LogP contribution in [-0.4, -0.2) is 28.1 Å². The van der Waals surface area contributed by atoms with E-state index in [0.717, 1.165) is 12.1 Å². The topological polar surface area (TPSA) is 62.2 Å². The maximum atomic E-state index is 12.1. The number of hydrogen-bond donors (Lipinski definition) is 2. The van der Waals surface area contributed by atoms with Crippen LogP contribution in [0.1, 0.15) is 43.2 Å². The highest BCUT2D eigenvalue weighted by molar-refractivity contribution is 6.29. The van der Waals surface area contributed by atoms with Crippen molar-refractivity contribution in [2.24, 2.45) is 0 Å². The number of hydrogen-bond acceptors (Lipinski definition) is 3. The van der Waals surface area contributed by atoms with E-state index < -0.39 is 5.54 Å². The number of aliphatic hydroxyl groups is 1. The third-order valence-corrected chi connectivity index (χ3v) is 2.85. The molecule has 0 aliphatic rings. The average molecular weight is 271 g/mol. The van der Waals surface area contributed by atoms with Gasteiger partial charge in [0.05, 0.1) is 0 Å². The Kier molecular flexibility index (Phi) is 5.11. The van der Waals surface area contributed by atoms with Gasteiger partial charge in [0, 0.05) is 23.4 Å². The molecule has 0 radical (unpaired) electrons. The fourth-order valence-corrected chi connectivity index (χ4v) is 1.81. The summed E-state index contributed by atoms with van der Waals surface area (Å²) in [7, 11) is 0. The summed E-state index contributed by atoms with van der Waals surface area (Å²) in [5.74, 6) is -0.201. The summed E-state index contributed by atoms with van der Waals surface area (Å²) in [4.78, 5) is 16.2. The Labute approximate surface area is 112 Å². The highest BCUT2D eigenvalue weighted by Crippen LogP contribution is 2.14. The quantitative estimate of drug-likeness (QED) is 0.806. The van der Waals surface area contributed by atoms with Crippen LogP contribution in [0.25, 0.3) is 0 Å². The summed E-state index contributed by atoms with van der Waals surface area (Å²) < 4.78 is 0. The lowest BCUT2D eigenvalue weighted by molar-refractivity contribution is 0.0899. The zero-order chi connectivity index (χ0) is 13.8. The van der Waals surface area contributed by atoms with E-state index in [-0.39, 0.29) is 12.5 Å². The number of nitrogens with one attached hydrogen (secondary N) is 1. The van der Waals surface area contributed by atoms with E-state index in [4.69, 9.17) is 16.7 Å². The van der Waals surface area contributed by atoms with Gasteiger partial charge in [-0.1, -0.05) is 18.5 Å². The van der Waals surface area contributed by atoms with Crippen molar-refractivity contribution in [3.63, 3.8) is 0 Å². The first-order valence-corrected chi connectivity index (χ1v) is 6.35. The fourth-order valence-electron chi connectivity index (χ4n) is 1.58.